The highest BCUT2D eigenvalue weighted by Crippen LogP contribution is 2.19. The van der Waals surface area contributed by atoms with Crippen molar-refractivity contribution in [2.75, 3.05) is 32.0 Å². The summed E-state index contributed by atoms with van der Waals surface area (Å²) in [5.41, 5.74) is 1.93. The molecule has 0 spiro atoms. The lowest BCUT2D eigenvalue weighted by Crippen LogP contribution is -2.26. The van der Waals surface area contributed by atoms with Crippen LogP contribution in [0.5, 0.6) is 0 Å². The topological polar surface area (TPSA) is 58.9 Å². The second-order valence-corrected chi connectivity index (χ2v) is 4.98. The van der Waals surface area contributed by atoms with Gasteiger partial charge in [0.05, 0.1) is 11.9 Å². The number of nitrogens with zero attached hydrogens (tertiary/aromatic N) is 5. The minimum atomic E-state index is 0.846. The van der Waals surface area contributed by atoms with Gasteiger partial charge in [-0.1, -0.05) is 13.8 Å². The first kappa shape index (κ1) is 15.4. The Kier molecular flexibility index (Phi) is 5.27. The molecule has 2 rings (SSSR count). The molecular formula is C15H24N6. The molecule has 0 fully saturated rings. The molecule has 0 aromatic carbocycles. The molecule has 2 heterocycles. The Morgan fingerprint density at radius 2 is 2.00 bits per heavy atom. The Hall–Kier alpha value is -1.95. The van der Waals surface area contributed by atoms with Gasteiger partial charge in [-0.2, -0.15) is 5.10 Å². The molecule has 21 heavy (non-hydrogen) atoms. The third-order valence-corrected chi connectivity index (χ3v) is 3.58. The van der Waals surface area contributed by atoms with Crippen molar-refractivity contribution < 1.29 is 0 Å². The number of anilines is 1. The maximum atomic E-state index is 4.67. The fourth-order valence-corrected chi connectivity index (χ4v) is 2.24. The summed E-state index contributed by atoms with van der Waals surface area (Å²) >= 11 is 0. The second-order valence-electron chi connectivity index (χ2n) is 4.98. The van der Waals surface area contributed by atoms with Crippen LogP contribution in [0.2, 0.25) is 0 Å². The number of likely N-dealkylation sites (N-methyl/N-ethyl adjacent to an activating group) is 1. The minimum Gasteiger partial charge on any atom is -0.373 e. The van der Waals surface area contributed by atoms with Crippen LogP contribution >= 0.6 is 0 Å². The quantitative estimate of drug-likeness (QED) is 0.842. The predicted octanol–water partition coefficient (Wildman–Crippen LogP) is 1.80. The van der Waals surface area contributed by atoms with Crippen LogP contribution in [0.25, 0.3) is 11.3 Å². The van der Waals surface area contributed by atoms with E-state index in [9.17, 15) is 0 Å². The lowest BCUT2D eigenvalue weighted by atomic mass is 10.2. The van der Waals surface area contributed by atoms with Gasteiger partial charge in [0.2, 0.25) is 0 Å². The van der Waals surface area contributed by atoms with Crippen molar-refractivity contribution in [3.05, 3.63) is 24.3 Å². The Morgan fingerprint density at radius 3 is 2.57 bits per heavy atom. The Balaban J connectivity index is 2.21. The Bertz CT molecular complexity index is 573. The van der Waals surface area contributed by atoms with Crippen molar-refractivity contribution in [2.45, 2.75) is 20.3 Å². The van der Waals surface area contributed by atoms with Gasteiger partial charge in [-0.25, -0.2) is 9.97 Å². The molecule has 0 saturated carbocycles. The summed E-state index contributed by atoms with van der Waals surface area (Å²) in [7, 11) is 3.79. The van der Waals surface area contributed by atoms with Crippen molar-refractivity contribution in [3.8, 4) is 11.3 Å². The van der Waals surface area contributed by atoms with Crippen LogP contribution < -0.4 is 5.32 Å². The third-order valence-electron chi connectivity index (χ3n) is 3.58. The van der Waals surface area contributed by atoms with E-state index < -0.39 is 0 Å². The van der Waals surface area contributed by atoms with E-state index in [-0.39, 0.29) is 0 Å². The first-order chi connectivity index (χ1) is 10.2. The van der Waals surface area contributed by atoms with Gasteiger partial charge >= 0.3 is 0 Å². The van der Waals surface area contributed by atoms with Gasteiger partial charge in [-0.3, -0.25) is 4.68 Å². The molecular weight excluding hydrogens is 264 g/mol. The summed E-state index contributed by atoms with van der Waals surface area (Å²) in [6.45, 7) is 7.44. The first-order valence-corrected chi connectivity index (χ1v) is 7.43. The molecule has 6 nitrogen and oxygen atoms in total. The molecule has 0 amide bonds. The molecule has 2 aromatic heterocycles. The summed E-state index contributed by atoms with van der Waals surface area (Å²) in [6, 6.07) is 1.96. The number of aromatic nitrogens is 4. The van der Waals surface area contributed by atoms with Gasteiger partial charge in [0.1, 0.15) is 11.6 Å². The number of aryl methyl sites for hydroxylation is 1. The van der Waals surface area contributed by atoms with Gasteiger partial charge < -0.3 is 10.2 Å². The van der Waals surface area contributed by atoms with Crippen LogP contribution in [-0.4, -0.2) is 51.3 Å². The first-order valence-electron chi connectivity index (χ1n) is 7.43. The molecule has 1 N–H and O–H groups in total. The largest absolute Gasteiger partial charge is 0.373 e. The fourth-order valence-electron chi connectivity index (χ4n) is 2.24. The summed E-state index contributed by atoms with van der Waals surface area (Å²) in [6.07, 6.45) is 4.65. The number of hydrogen-bond acceptors (Lipinski definition) is 5. The lowest BCUT2D eigenvalue weighted by molar-refractivity contribution is 0.306. The number of nitrogens with one attached hydrogen (secondary N) is 1. The molecule has 0 bridgehead atoms. The zero-order valence-electron chi connectivity index (χ0n) is 13.3. The Morgan fingerprint density at radius 1 is 1.24 bits per heavy atom. The molecule has 0 unspecified atom stereocenters. The average molecular weight is 288 g/mol. The molecule has 0 atom stereocenters. The molecule has 0 saturated heterocycles. The van der Waals surface area contributed by atoms with Crippen LogP contribution in [0.4, 0.5) is 5.82 Å². The predicted molar refractivity (Wildman–Crippen MR) is 85.3 cm³/mol. The molecule has 0 aliphatic rings. The van der Waals surface area contributed by atoms with Crippen LogP contribution in [0, 0.1) is 0 Å². The highest BCUT2D eigenvalue weighted by molar-refractivity contribution is 5.60. The van der Waals surface area contributed by atoms with Crippen molar-refractivity contribution in [1.29, 1.82) is 0 Å². The van der Waals surface area contributed by atoms with E-state index in [4.69, 9.17) is 0 Å². The standard InChI is InChI=1S/C15H24N6/c1-5-21(6-2)8-7-14-18-13(9-15(16-3)19-14)12-10-17-20(4)11-12/h9-11H,5-8H2,1-4H3,(H,16,18,19). The third kappa shape index (κ3) is 4.01. The molecule has 0 aliphatic heterocycles. The SMILES string of the molecule is CCN(CC)CCc1nc(NC)cc(-c2cnn(C)c2)n1. The smallest absolute Gasteiger partial charge is 0.132 e. The van der Waals surface area contributed by atoms with Crippen LogP contribution in [0.15, 0.2) is 18.5 Å². The van der Waals surface area contributed by atoms with Crippen LogP contribution in [-0.2, 0) is 13.5 Å². The zero-order valence-corrected chi connectivity index (χ0v) is 13.3. The average Bonchev–Trinajstić information content (AvgIpc) is 2.94. The minimum absolute atomic E-state index is 0.846. The van der Waals surface area contributed by atoms with E-state index in [1.54, 1.807) is 4.68 Å². The molecule has 0 radical (unpaired) electrons. The Labute approximate surface area is 126 Å². The van der Waals surface area contributed by atoms with E-state index in [2.05, 4.69) is 39.1 Å². The van der Waals surface area contributed by atoms with Crippen molar-refractivity contribution >= 4 is 5.82 Å². The summed E-state index contributed by atoms with van der Waals surface area (Å²) in [5.74, 6) is 1.71. The molecule has 114 valence electrons. The van der Waals surface area contributed by atoms with Crippen molar-refractivity contribution in [2.24, 2.45) is 7.05 Å². The summed E-state index contributed by atoms with van der Waals surface area (Å²) in [5, 5.41) is 7.31. The summed E-state index contributed by atoms with van der Waals surface area (Å²) in [4.78, 5) is 11.6. The van der Waals surface area contributed by atoms with E-state index in [0.29, 0.717) is 0 Å². The van der Waals surface area contributed by atoms with Gasteiger partial charge in [0.25, 0.3) is 0 Å². The van der Waals surface area contributed by atoms with Gasteiger partial charge in [0, 0.05) is 44.9 Å². The zero-order chi connectivity index (χ0) is 15.2. The van der Waals surface area contributed by atoms with E-state index in [1.165, 1.54) is 0 Å². The van der Waals surface area contributed by atoms with Crippen LogP contribution in [0.1, 0.15) is 19.7 Å². The highest BCUT2D eigenvalue weighted by Gasteiger charge is 2.09. The lowest BCUT2D eigenvalue weighted by Gasteiger charge is -2.17. The molecule has 0 aliphatic carbocycles. The van der Waals surface area contributed by atoms with Gasteiger partial charge in [-0.05, 0) is 13.1 Å². The monoisotopic (exact) mass is 288 g/mol. The number of hydrogen-bond donors (Lipinski definition) is 1. The number of rotatable bonds is 7. The van der Waals surface area contributed by atoms with Crippen molar-refractivity contribution in [1.82, 2.24) is 24.6 Å². The van der Waals surface area contributed by atoms with E-state index >= 15 is 0 Å². The maximum Gasteiger partial charge on any atom is 0.132 e. The molecule has 2 aromatic rings. The second kappa shape index (κ2) is 7.17. The highest BCUT2D eigenvalue weighted by atomic mass is 15.2. The maximum absolute atomic E-state index is 4.67. The fraction of sp³-hybridized carbons (Fsp3) is 0.533. The van der Waals surface area contributed by atoms with Gasteiger partial charge in [-0.15, -0.1) is 0 Å². The van der Waals surface area contributed by atoms with Gasteiger partial charge in [0.15, 0.2) is 0 Å². The summed E-state index contributed by atoms with van der Waals surface area (Å²) < 4.78 is 1.78. The van der Waals surface area contributed by atoms with Crippen molar-refractivity contribution in [3.63, 3.8) is 0 Å². The molecule has 6 heteroatoms. The van der Waals surface area contributed by atoms with E-state index in [0.717, 1.165) is 49.0 Å². The normalized spacial score (nSPS) is 11.1. The van der Waals surface area contributed by atoms with Crippen LogP contribution in [0.3, 0.4) is 0 Å². The van der Waals surface area contributed by atoms with E-state index in [1.807, 2.05) is 32.6 Å².